The summed E-state index contributed by atoms with van der Waals surface area (Å²) >= 11 is 23.1. The number of aliphatic carboxylic acids is 2. The number of likely N-dealkylation sites (N-methyl/N-ethyl adjacent to an activating group) is 1. The number of carbonyl (C=O) groups is 13. The number of aliphatic hydroxyl groups is 6. The number of nitrogens with zero attached hydrogens (tertiary/aromatic N) is 4. The van der Waals surface area contributed by atoms with E-state index in [1.54, 1.807) is 55.9 Å². The van der Waals surface area contributed by atoms with Crippen LogP contribution in [0.15, 0.2) is 120 Å². The number of aryl methyl sites for hydroxylation is 1. The second-order valence-electron chi connectivity index (χ2n) is 37.2. The summed E-state index contributed by atoms with van der Waals surface area (Å²) in [6.45, 7) is 6.63. The number of thioether (sulfide) groups is 1. The Morgan fingerprint density at radius 1 is 0.733 bits per heavy atom. The van der Waals surface area contributed by atoms with Crippen molar-refractivity contribution in [3.05, 3.63) is 173 Å². The molecular weight excluding hydrogens is 2070 g/mol. The number of carboxylic acids is 2. The average molecular weight is 2180 g/mol. The molecule has 48 nitrogen and oxygen atoms in total. The number of aromatic nitrogens is 2. The van der Waals surface area contributed by atoms with Crippen molar-refractivity contribution in [2.75, 3.05) is 45.6 Å². The molecule has 16 rings (SSSR count). The minimum atomic E-state index is -2.44. The normalized spacial score (nSPS) is 25.6. The summed E-state index contributed by atoms with van der Waals surface area (Å²) in [5.74, 6) is -20.8. The molecule has 3 fully saturated rings. The molecule has 3 saturated heterocycles. The van der Waals surface area contributed by atoms with Gasteiger partial charge in [-0.05, 0) is 130 Å². The number of thiazole rings is 1. The maximum Gasteiger partial charge on any atom is 0.330 e. The van der Waals surface area contributed by atoms with Crippen LogP contribution in [0.25, 0.3) is 11.1 Å². The summed E-state index contributed by atoms with van der Waals surface area (Å²) in [4.78, 5) is 197. The van der Waals surface area contributed by atoms with Gasteiger partial charge in [0, 0.05) is 97.6 Å². The zero-order valence-electron chi connectivity index (χ0n) is 81.1. The van der Waals surface area contributed by atoms with Crippen molar-refractivity contribution in [1.82, 2.24) is 68.4 Å². The van der Waals surface area contributed by atoms with E-state index in [1.165, 1.54) is 44.8 Å². The monoisotopic (exact) mass is 2180 g/mol. The highest BCUT2D eigenvalue weighted by atomic mass is 35.5. The van der Waals surface area contributed by atoms with Crippen LogP contribution in [0.5, 0.6) is 46.0 Å². The number of nitrogens with two attached hydrogens (primary N) is 2. The number of rotatable bonds is 34. The SMILES string of the molecule is CN[C@H](CC(C)C)C(=O)NC1C(=O)N[C@@H](CC(N)=O)C(=O)N[C@H]2C(=O)N[C@H]3C(=O)N[C@H](C(=O)N[C@H](C(=O)O)c4cc(O)c(CNCCNC(=O)CCCCC(=O)NCCCO/N=C(/C(=O)N[C@@H]5C(=O)N6C(C(=O)[O-])=C(C[n+]7ccccc7)CS[C@H]56)c5nc(C)sc5Cl)c(O)c4-c4cc3ccc4O)[C@H](O)c3ccc(c(Cl)c3)Oc3cc2cc(c3O[C@@H]2O[C@H](CO)[C@@H](O)[C@H](O)[C@H]2O[C@H]2C[C@](C)(N)[C@H](O)[C@H](C)O2)Oc2ccc(cc2Cl)[C@H]1O. The lowest BCUT2D eigenvalue weighted by Gasteiger charge is -2.50. The van der Waals surface area contributed by atoms with Gasteiger partial charge in [0.1, 0.15) is 118 Å². The zero-order chi connectivity index (χ0) is 108. The number of pyridine rings is 1. The quantitative estimate of drug-likeness (QED) is 0.00803. The second-order valence-corrected chi connectivity index (χ2v) is 40.9. The van der Waals surface area contributed by atoms with Gasteiger partial charge in [0.2, 0.25) is 65.2 Å². The third kappa shape index (κ3) is 25.8. The van der Waals surface area contributed by atoms with Crippen molar-refractivity contribution in [3.8, 4) is 57.1 Å². The topological polar surface area (TPSA) is 729 Å². The first-order valence-corrected chi connectivity index (χ1v) is 50.5. The summed E-state index contributed by atoms with van der Waals surface area (Å²) in [5.41, 5.74) is 6.89. The Balaban J connectivity index is 0.724. The lowest BCUT2D eigenvalue weighted by molar-refractivity contribution is -0.689. The lowest BCUT2D eigenvalue weighted by atomic mass is 9.86. The van der Waals surface area contributed by atoms with E-state index in [4.69, 9.17) is 79.5 Å². The van der Waals surface area contributed by atoms with Crippen LogP contribution in [0.3, 0.4) is 0 Å². The number of phenols is 3. The van der Waals surface area contributed by atoms with Gasteiger partial charge in [-0.2, -0.15) is 0 Å². The molecule has 804 valence electrons. The van der Waals surface area contributed by atoms with Crippen LogP contribution >= 0.6 is 57.9 Å². The van der Waals surface area contributed by atoms with Crippen molar-refractivity contribution in [2.45, 2.75) is 220 Å². The Morgan fingerprint density at radius 3 is 1.99 bits per heavy atom. The Morgan fingerprint density at radius 2 is 1.37 bits per heavy atom. The first kappa shape index (κ1) is 112. The minimum Gasteiger partial charge on any atom is -0.543 e. The molecule has 20 atom stereocenters. The molecule has 53 heteroatoms. The van der Waals surface area contributed by atoms with Crippen molar-refractivity contribution >= 4 is 141 Å². The first-order valence-electron chi connectivity index (χ1n) is 47.5. The summed E-state index contributed by atoms with van der Waals surface area (Å²) in [5, 5.41) is 162. The van der Waals surface area contributed by atoms with E-state index in [-0.39, 0.29) is 134 Å². The van der Waals surface area contributed by atoms with Gasteiger partial charge < -0.3 is 164 Å². The molecule has 7 aromatic rings. The smallest absolute Gasteiger partial charge is 0.330 e. The van der Waals surface area contributed by atoms with E-state index in [0.717, 1.165) is 76.9 Å². The molecule has 11 amide bonds. The van der Waals surface area contributed by atoms with Crippen LogP contribution in [-0.2, 0) is 94.5 Å². The summed E-state index contributed by atoms with van der Waals surface area (Å²) < 4.78 is 40.5. The molecule has 11 bridgehead atoms. The number of phenolic OH excluding ortho intramolecular Hbond substituents is 3. The molecule has 0 radical (unpaired) electrons. The number of hydrogen-bond acceptors (Lipinski definition) is 37. The van der Waals surface area contributed by atoms with Crippen molar-refractivity contribution in [2.24, 2.45) is 22.5 Å². The standard InChI is InChI=1S/C97H112Cl3N17O31S2/c1-40(2)27-53(103-6)85(130)112-72-76(124)44-16-19-57(51(98)29-44)144-59-31-46-32-60(81(59)148-96-82(80(128)79(127)61(38-118)146-96)147-65-35-97(5,102)83(129)41(3)143-65)145-58-20-17-45(30-52(58)99)77(125)73-91(136)111-69(94(138)139)49-33-56(120)50(78(126)66(49)48-28-43(15-18-55(48)119)67(87(132)113-73)110-88(133)68(46)109-86(131)54(34-62(101)121)108-90(72)135)36-104-22-23-106-64(123)14-9-8-13-63(122)105-21-12-26-142-115-71(70-84(100)150-42(4)107-70)89(134)114-74-92(137)117-75(95(140)141)47(39-149-93(74)117)37-116-24-10-7-11-25-116/h7,10-11,15-20,24-25,28-33,40-41,53-54,61,65,67-69,72-74,76-77,79-80,82-83,93,96,103-104,118,124-125,127-129H,8-9,12-14,21-23,26-27,34-39,102H2,1-6H3,(H15-,101,105,106,108,109,110,111,112,113,114,115,119,120,121,122,123,126,130,131,132,133,134,135,136,138,139,140,141)/t41-,53+,54-,61+,65-,67+,68+,69-,72?,73-,74+,76+,77+,79+,80-,82+,83+,93+,96-,97-/m0/s1. The van der Waals surface area contributed by atoms with Gasteiger partial charge in [-0.25, -0.2) is 14.3 Å². The van der Waals surface area contributed by atoms with Crippen molar-refractivity contribution < 1.29 is 156 Å². The zero-order valence-corrected chi connectivity index (χ0v) is 85.0. The van der Waals surface area contributed by atoms with Gasteiger partial charge in [0.05, 0.1) is 63.6 Å². The highest BCUT2D eigenvalue weighted by molar-refractivity contribution is 8.00. The van der Waals surface area contributed by atoms with Crippen molar-refractivity contribution in [1.29, 1.82) is 0 Å². The third-order valence-corrected chi connectivity index (χ3v) is 28.8. The number of hydrogen-bond donors (Lipinski definition) is 23. The van der Waals surface area contributed by atoms with Crippen LogP contribution in [0.2, 0.25) is 14.4 Å². The van der Waals surface area contributed by atoms with E-state index in [1.807, 2.05) is 0 Å². The fourth-order valence-corrected chi connectivity index (χ4v) is 20.9. The molecule has 1 unspecified atom stereocenters. The van der Waals surface area contributed by atoms with Gasteiger partial charge in [-0.3, -0.25) is 57.6 Å². The largest absolute Gasteiger partial charge is 0.543 e. The molecule has 150 heavy (non-hydrogen) atoms. The molecule has 25 N–H and O–H groups in total. The maximum absolute atomic E-state index is 16.4. The summed E-state index contributed by atoms with van der Waals surface area (Å²) in [6, 6.07) is 1.74. The van der Waals surface area contributed by atoms with E-state index < -0.39 is 295 Å². The second kappa shape index (κ2) is 48.8. The molecule has 0 aliphatic carbocycles. The van der Waals surface area contributed by atoms with Crippen LogP contribution in [0.4, 0.5) is 0 Å². The number of ether oxygens (including phenoxy) is 6. The van der Waals surface area contributed by atoms with E-state index in [2.05, 4.69) is 68.6 Å². The number of β-lactam (4-membered cyclic amide) rings is 1. The number of primary amides is 1. The number of fused-ring (bicyclic) bond motifs is 16. The predicted octanol–water partition coefficient (Wildman–Crippen LogP) is -0.390. The number of benzene rings is 5. The number of aliphatic hydroxyl groups excluding tert-OH is 6. The van der Waals surface area contributed by atoms with Gasteiger partial charge in [-0.1, -0.05) is 78.1 Å². The Kier molecular flexibility index (Phi) is 36.5. The number of carbonyl (C=O) groups excluding carboxylic acids is 12. The summed E-state index contributed by atoms with van der Waals surface area (Å²) in [7, 11) is 1.46. The highest BCUT2D eigenvalue weighted by Gasteiger charge is 2.56. The maximum atomic E-state index is 16.4. The number of carboxylic acid groups (broad SMARTS) is 2. The molecule has 5 aromatic carbocycles. The predicted molar refractivity (Wildman–Crippen MR) is 528 cm³/mol. The molecule has 2 aromatic heterocycles. The number of amides is 11. The summed E-state index contributed by atoms with van der Waals surface area (Å²) in [6.07, 6.45) is -15.1. The van der Waals surface area contributed by atoms with Crippen molar-refractivity contribution in [3.63, 3.8) is 0 Å². The molecule has 9 aliphatic rings. The number of oxime groups is 1. The Bertz CT molecular complexity index is 6410. The minimum absolute atomic E-state index is 0.00123. The Labute approximate surface area is 878 Å². The highest BCUT2D eigenvalue weighted by Crippen LogP contribution is 2.52. The molecule has 0 spiro atoms. The van der Waals surface area contributed by atoms with Crippen LogP contribution < -0.4 is 93.8 Å². The van der Waals surface area contributed by atoms with E-state index in [0.29, 0.717) is 10.6 Å². The van der Waals surface area contributed by atoms with Crippen LogP contribution in [0, 0.1) is 12.8 Å². The molecular formula is C97H112Cl3N17O31S2. The van der Waals surface area contributed by atoms with E-state index >= 15 is 24.0 Å². The van der Waals surface area contributed by atoms with Crippen LogP contribution in [-0.4, -0.2) is 280 Å². The molecule has 11 heterocycles. The Hall–Kier alpha value is -13.3. The van der Waals surface area contributed by atoms with Gasteiger partial charge in [0.15, 0.2) is 54.6 Å². The number of unbranched alkanes of at least 4 members (excludes halogenated alkanes) is 1. The average Bonchev–Trinajstić information content (AvgIpc) is 0.735. The molecule has 0 saturated carbocycles. The number of halogens is 3. The van der Waals surface area contributed by atoms with Gasteiger partial charge in [-0.15, -0.1) is 23.1 Å². The fourth-order valence-electron chi connectivity index (χ4n) is 18.0. The lowest BCUT2D eigenvalue weighted by Crippen LogP contribution is -2.71. The fraction of sp³-hybridized carbons (Fsp3) is 0.443. The molecule has 9 aliphatic heterocycles. The van der Waals surface area contributed by atoms with Crippen LogP contribution in [0.1, 0.15) is 153 Å². The first-order chi connectivity index (χ1) is 71.3. The number of aromatic hydroxyl groups is 3. The van der Waals surface area contributed by atoms with Gasteiger partial charge in [0.25, 0.3) is 11.8 Å². The van der Waals surface area contributed by atoms with E-state index in [9.17, 15) is 94.5 Å². The third-order valence-electron chi connectivity index (χ3n) is 25.7. The van der Waals surface area contributed by atoms with Gasteiger partial charge >= 0.3 is 5.97 Å². The number of nitrogens with one attached hydrogen (secondary N) is 11.